The van der Waals surface area contributed by atoms with Crippen molar-refractivity contribution < 1.29 is 9.18 Å². The fraction of sp³-hybridized carbons (Fsp3) is 0.462. The Balaban J connectivity index is 2.48. The van der Waals surface area contributed by atoms with Gasteiger partial charge in [-0.1, -0.05) is 18.5 Å². The van der Waals surface area contributed by atoms with Crippen LogP contribution in [0.15, 0.2) is 18.2 Å². The zero-order valence-electron chi connectivity index (χ0n) is 9.67. The average Bonchev–Trinajstić information content (AvgIpc) is 2.27. The molecule has 0 amide bonds. The van der Waals surface area contributed by atoms with Crippen molar-refractivity contribution in [3.05, 3.63) is 34.6 Å². The van der Waals surface area contributed by atoms with Gasteiger partial charge in [0.1, 0.15) is 11.4 Å². The SMILES string of the molecule is C[C@H]1CCC(=O)C(N)(c2cc(Cl)ccc2F)C1. The lowest BCUT2D eigenvalue weighted by Gasteiger charge is -2.35. The molecule has 2 atom stereocenters. The van der Waals surface area contributed by atoms with Crippen LogP contribution < -0.4 is 5.73 Å². The van der Waals surface area contributed by atoms with Gasteiger partial charge in [-0.15, -0.1) is 0 Å². The molecule has 17 heavy (non-hydrogen) atoms. The van der Waals surface area contributed by atoms with Crippen LogP contribution in [0.4, 0.5) is 4.39 Å². The van der Waals surface area contributed by atoms with E-state index in [2.05, 4.69) is 0 Å². The molecule has 0 saturated heterocycles. The van der Waals surface area contributed by atoms with Crippen LogP contribution in [0, 0.1) is 11.7 Å². The lowest BCUT2D eigenvalue weighted by Crippen LogP contribution is -2.49. The van der Waals surface area contributed by atoms with Crippen molar-refractivity contribution in [2.75, 3.05) is 0 Å². The van der Waals surface area contributed by atoms with Crippen molar-refractivity contribution in [2.24, 2.45) is 11.7 Å². The van der Waals surface area contributed by atoms with Crippen LogP contribution in [0.25, 0.3) is 0 Å². The van der Waals surface area contributed by atoms with Gasteiger partial charge in [0.2, 0.25) is 0 Å². The molecule has 1 fully saturated rings. The Morgan fingerprint density at radius 3 is 2.94 bits per heavy atom. The van der Waals surface area contributed by atoms with Crippen molar-refractivity contribution in [2.45, 2.75) is 31.7 Å². The molecule has 0 heterocycles. The molecule has 2 nitrogen and oxygen atoms in total. The smallest absolute Gasteiger partial charge is 0.157 e. The van der Waals surface area contributed by atoms with Crippen molar-refractivity contribution in [3.8, 4) is 0 Å². The number of hydrogen-bond donors (Lipinski definition) is 1. The lowest BCUT2D eigenvalue weighted by molar-refractivity contribution is -0.127. The van der Waals surface area contributed by atoms with Crippen LogP contribution in [-0.2, 0) is 10.3 Å². The predicted molar refractivity (Wildman–Crippen MR) is 65.3 cm³/mol. The molecule has 1 aromatic rings. The Morgan fingerprint density at radius 2 is 2.24 bits per heavy atom. The van der Waals surface area contributed by atoms with E-state index in [9.17, 15) is 9.18 Å². The van der Waals surface area contributed by atoms with Crippen LogP contribution in [-0.4, -0.2) is 5.78 Å². The summed E-state index contributed by atoms with van der Waals surface area (Å²) in [7, 11) is 0. The van der Waals surface area contributed by atoms with Crippen molar-refractivity contribution in [1.82, 2.24) is 0 Å². The van der Waals surface area contributed by atoms with Gasteiger partial charge in [-0.05, 0) is 37.0 Å². The molecule has 0 bridgehead atoms. The minimum absolute atomic E-state index is 0.100. The van der Waals surface area contributed by atoms with E-state index in [0.717, 1.165) is 6.42 Å². The number of carbonyl (C=O) groups is 1. The maximum atomic E-state index is 13.8. The van der Waals surface area contributed by atoms with Crippen LogP contribution in [0.3, 0.4) is 0 Å². The Morgan fingerprint density at radius 1 is 1.53 bits per heavy atom. The Labute approximate surface area is 105 Å². The molecule has 1 saturated carbocycles. The summed E-state index contributed by atoms with van der Waals surface area (Å²) in [4.78, 5) is 12.0. The van der Waals surface area contributed by atoms with E-state index in [1.165, 1.54) is 18.2 Å². The first-order valence-electron chi connectivity index (χ1n) is 5.71. The quantitative estimate of drug-likeness (QED) is 0.838. The van der Waals surface area contributed by atoms with E-state index in [1.807, 2.05) is 6.92 Å². The number of benzene rings is 1. The highest BCUT2D eigenvalue weighted by atomic mass is 35.5. The van der Waals surface area contributed by atoms with E-state index in [4.69, 9.17) is 17.3 Å². The predicted octanol–water partition coefficient (Wildman–Crippen LogP) is 3.02. The summed E-state index contributed by atoms with van der Waals surface area (Å²) in [6.45, 7) is 2.02. The summed E-state index contributed by atoms with van der Waals surface area (Å²) in [5, 5.41) is 0.400. The standard InChI is InChI=1S/C13H15ClFNO/c1-8-2-5-12(17)13(16,7-8)10-6-9(14)3-4-11(10)15/h3-4,6,8H,2,5,7,16H2,1H3/t8-,13?/m0/s1. The molecular weight excluding hydrogens is 241 g/mol. The van der Waals surface area contributed by atoms with Gasteiger partial charge in [-0.2, -0.15) is 0 Å². The highest BCUT2D eigenvalue weighted by Gasteiger charge is 2.41. The molecule has 92 valence electrons. The average molecular weight is 256 g/mol. The molecule has 1 aliphatic rings. The van der Waals surface area contributed by atoms with E-state index >= 15 is 0 Å². The van der Waals surface area contributed by atoms with E-state index in [-0.39, 0.29) is 11.3 Å². The summed E-state index contributed by atoms with van der Waals surface area (Å²) >= 11 is 5.85. The van der Waals surface area contributed by atoms with E-state index < -0.39 is 11.4 Å². The number of hydrogen-bond acceptors (Lipinski definition) is 2. The molecular formula is C13H15ClFNO. The molecule has 0 radical (unpaired) electrons. The van der Waals surface area contributed by atoms with Gasteiger partial charge in [0.25, 0.3) is 0 Å². The Hall–Kier alpha value is -0.930. The molecule has 0 aromatic heterocycles. The van der Waals surface area contributed by atoms with Gasteiger partial charge in [0, 0.05) is 17.0 Å². The highest BCUT2D eigenvalue weighted by molar-refractivity contribution is 6.30. The molecule has 2 rings (SSSR count). The molecule has 4 heteroatoms. The number of Topliss-reactive ketones (excluding diaryl/α,β-unsaturated/α-hetero) is 1. The van der Waals surface area contributed by atoms with Crippen LogP contribution in [0.1, 0.15) is 31.7 Å². The summed E-state index contributed by atoms with van der Waals surface area (Å²) < 4.78 is 13.8. The maximum absolute atomic E-state index is 13.8. The second-order valence-electron chi connectivity index (χ2n) is 4.87. The molecule has 0 aliphatic heterocycles. The zero-order valence-corrected chi connectivity index (χ0v) is 10.4. The first-order chi connectivity index (χ1) is 7.93. The molecule has 1 aromatic carbocycles. The Kier molecular flexibility index (Phi) is 3.23. The topological polar surface area (TPSA) is 43.1 Å². The summed E-state index contributed by atoms with van der Waals surface area (Å²) in [5.41, 5.74) is 5.14. The third-order valence-electron chi connectivity index (χ3n) is 3.44. The van der Waals surface area contributed by atoms with Gasteiger partial charge in [0.15, 0.2) is 5.78 Å². The van der Waals surface area contributed by atoms with Gasteiger partial charge in [-0.25, -0.2) is 4.39 Å². The van der Waals surface area contributed by atoms with E-state index in [1.54, 1.807) is 0 Å². The van der Waals surface area contributed by atoms with Gasteiger partial charge in [0.05, 0.1) is 0 Å². The molecule has 1 aliphatic carbocycles. The van der Waals surface area contributed by atoms with Gasteiger partial charge < -0.3 is 5.73 Å². The number of nitrogens with two attached hydrogens (primary N) is 1. The second-order valence-corrected chi connectivity index (χ2v) is 5.30. The largest absolute Gasteiger partial charge is 0.315 e. The monoisotopic (exact) mass is 255 g/mol. The summed E-state index contributed by atoms with van der Waals surface area (Å²) in [5.74, 6) is -0.243. The van der Waals surface area contributed by atoms with Gasteiger partial charge in [-0.3, -0.25) is 4.79 Å². The first kappa shape index (κ1) is 12.5. The van der Waals surface area contributed by atoms with Crippen molar-refractivity contribution in [1.29, 1.82) is 0 Å². The third-order valence-corrected chi connectivity index (χ3v) is 3.68. The third kappa shape index (κ3) is 2.22. The fourth-order valence-electron chi connectivity index (χ4n) is 2.47. The van der Waals surface area contributed by atoms with Crippen molar-refractivity contribution >= 4 is 17.4 Å². The Bertz CT molecular complexity index is 463. The fourth-order valence-corrected chi connectivity index (χ4v) is 2.64. The zero-order chi connectivity index (χ0) is 12.6. The van der Waals surface area contributed by atoms with E-state index in [0.29, 0.717) is 23.8 Å². The summed E-state index contributed by atoms with van der Waals surface area (Å²) in [6.07, 6.45) is 1.70. The number of halogens is 2. The van der Waals surface area contributed by atoms with Gasteiger partial charge >= 0.3 is 0 Å². The second kappa shape index (κ2) is 4.39. The number of rotatable bonds is 1. The van der Waals surface area contributed by atoms with Crippen LogP contribution >= 0.6 is 11.6 Å². The first-order valence-corrected chi connectivity index (χ1v) is 6.09. The maximum Gasteiger partial charge on any atom is 0.157 e. The van der Waals surface area contributed by atoms with Crippen molar-refractivity contribution in [3.63, 3.8) is 0 Å². The molecule has 1 unspecified atom stereocenters. The minimum Gasteiger partial charge on any atom is -0.315 e. The lowest BCUT2D eigenvalue weighted by atomic mass is 9.72. The molecule has 2 N–H and O–H groups in total. The minimum atomic E-state index is -1.22. The summed E-state index contributed by atoms with van der Waals surface area (Å²) in [6, 6.07) is 4.19. The highest BCUT2D eigenvalue weighted by Crippen LogP contribution is 2.37. The normalized spacial score (nSPS) is 29.4. The number of ketones is 1. The van der Waals surface area contributed by atoms with Crippen LogP contribution in [0.2, 0.25) is 5.02 Å². The molecule has 0 spiro atoms. The van der Waals surface area contributed by atoms with Crippen LogP contribution in [0.5, 0.6) is 0 Å². The number of carbonyl (C=O) groups excluding carboxylic acids is 1.